The van der Waals surface area contributed by atoms with Crippen LogP contribution < -0.4 is 5.32 Å². The number of ketones is 1. The Balaban J connectivity index is 2.59. The number of methoxy groups -OCH3 is 1. The van der Waals surface area contributed by atoms with Crippen LogP contribution in [0, 0.1) is 29.6 Å². The van der Waals surface area contributed by atoms with E-state index in [-0.39, 0.29) is 90.3 Å². The van der Waals surface area contributed by atoms with Crippen LogP contribution in [-0.2, 0) is 41.9 Å². The minimum atomic E-state index is -4.16. The molecule has 11 nitrogen and oxygen atoms in total. The molecule has 0 aromatic heterocycles. The van der Waals surface area contributed by atoms with Gasteiger partial charge in [0.25, 0.3) is 0 Å². The summed E-state index contributed by atoms with van der Waals surface area (Å²) in [4.78, 5) is 24.2. The number of nitrogens with zero attached hydrogens (tertiary/aromatic N) is 1. The van der Waals surface area contributed by atoms with Gasteiger partial charge in [0, 0.05) is 39.8 Å². The second kappa shape index (κ2) is 17.6. The summed E-state index contributed by atoms with van der Waals surface area (Å²) in [5.74, 6) is 1.41. The summed E-state index contributed by atoms with van der Waals surface area (Å²) in [6.45, 7) is 0.0674. The Bertz CT molecular complexity index is 807. The molecule has 194 valence electrons. The van der Waals surface area contributed by atoms with E-state index in [1.807, 2.05) is 6.07 Å². The number of hydrogen-bond donors (Lipinski definition) is 1. The lowest BCUT2D eigenvalue weighted by atomic mass is 9.96. The Morgan fingerprint density at radius 2 is 2.14 bits per heavy atom. The zero-order valence-corrected chi connectivity index (χ0v) is 20.9. The molecule has 0 bridgehead atoms. The van der Waals surface area contributed by atoms with Gasteiger partial charge in [-0.05, 0) is 13.3 Å². The highest BCUT2D eigenvalue weighted by Gasteiger charge is 2.39. The number of amides is 1. The van der Waals surface area contributed by atoms with Gasteiger partial charge in [-0.3, -0.25) is 23.2 Å². The molecule has 0 saturated carbocycles. The fourth-order valence-corrected chi connectivity index (χ4v) is 4.53. The Hall–Kier alpha value is -1.76. The highest BCUT2D eigenvalue weighted by Crippen LogP contribution is 2.52. The van der Waals surface area contributed by atoms with Gasteiger partial charge in [-0.2, -0.15) is 5.26 Å². The zero-order valence-electron chi connectivity index (χ0n) is 21.0. The first-order chi connectivity index (χ1) is 17.3. The van der Waals surface area contributed by atoms with Gasteiger partial charge >= 0.3 is 7.82 Å². The summed E-state index contributed by atoms with van der Waals surface area (Å²) in [6.07, 6.45) is 3.99. The molecule has 0 spiro atoms. The van der Waals surface area contributed by atoms with E-state index < -0.39 is 32.0 Å². The van der Waals surface area contributed by atoms with Gasteiger partial charge in [-0.1, -0.05) is 5.92 Å². The van der Waals surface area contributed by atoms with Gasteiger partial charge in [0.1, 0.15) is 20.2 Å². The van der Waals surface area contributed by atoms with Crippen molar-refractivity contribution >= 4 is 27.4 Å². The summed E-state index contributed by atoms with van der Waals surface area (Å²) in [5.41, 5.74) is 0. The van der Waals surface area contributed by atoms with Gasteiger partial charge < -0.3 is 19.5 Å². The maximum absolute atomic E-state index is 13.3. The van der Waals surface area contributed by atoms with Crippen LogP contribution in [0.1, 0.15) is 40.4 Å². The molecule has 1 heterocycles. The molecule has 1 aliphatic rings. The maximum atomic E-state index is 13.3. The second-order valence-corrected chi connectivity index (χ2v) is 9.37. The summed E-state index contributed by atoms with van der Waals surface area (Å²) in [5, 5.41) is 11.4. The number of rotatable bonds is 19. The normalized spacial score (nSPS) is 22.4. The largest absolute Gasteiger partial charge is 0.475 e. The molecule has 2 unspecified atom stereocenters. The average molecular weight is 513 g/mol. The summed E-state index contributed by atoms with van der Waals surface area (Å²) in [7, 11) is 3.04. The number of Topliss-reactive ketones (excluding diaryl/α,β-unsaturated/α-hetero) is 1. The van der Waals surface area contributed by atoms with Gasteiger partial charge in [0.15, 0.2) is 0 Å². The van der Waals surface area contributed by atoms with Crippen LogP contribution in [0.2, 0.25) is 0 Å². The van der Waals surface area contributed by atoms with Gasteiger partial charge in [0.2, 0.25) is 5.91 Å². The number of carbonyl (C=O) groups excluding carboxylic acids is 2. The first kappa shape index (κ1) is 29.5. The minimum absolute atomic E-state index is 0.0407. The molecule has 1 fully saturated rings. The highest BCUT2D eigenvalue weighted by atomic mass is 31.2. The molecule has 5 atom stereocenters. The van der Waals surface area contributed by atoms with Crippen molar-refractivity contribution in [2.45, 2.75) is 57.2 Å². The first-order valence-electron chi connectivity index (χ1n) is 11.9. The standard InChI is InChI=1S/C22H34BN2O9P/c1-4-10-30-12-7-22(27)25-9-6-19(26)13-18(15-29-3)16-32-35(28,31-11-5-8-24)34-20-14-21(23)33-17(20)2/h1,17-18,20-21H,5-7,9-16H2,2-3H3,(H,25,27)/t17-,18?,20-,21-,35?/m1/s1/i2D. The van der Waals surface area contributed by atoms with Crippen LogP contribution in [0.5, 0.6) is 0 Å². The van der Waals surface area contributed by atoms with Crippen LogP contribution in [0.25, 0.3) is 0 Å². The van der Waals surface area contributed by atoms with E-state index in [0.717, 1.165) is 0 Å². The third-order valence-corrected chi connectivity index (χ3v) is 6.22. The number of phosphoric acid groups is 1. The molecular formula is C22H34BN2O9P. The van der Waals surface area contributed by atoms with E-state index in [1.165, 1.54) is 7.11 Å². The molecule has 1 saturated heterocycles. The SMILES string of the molecule is [2H]C[C@H]1O[C@@H]([B])C[C@H]1OP(=O)(OCCC#N)OCC(COC)CC(=O)CCNC(=O)CCOCC#C. The van der Waals surface area contributed by atoms with E-state index in [9.17, 15) is 14.2 Å². The Morgan fingerprint density at radius 1 is 1.34 bits per heavy atom. The molecule has 35 heavy (non-hydrogen) atoms. The van der Waals surface area contributed by atoms with Crippen molar-refractivity contribution in [1.29, 1.82) is 5.26 Å². The van der Waals surface area contributed by atoms with E-state index in [0.29, 0.717) is 0 Å². The zero-order chi connectivity index (χ0) is 26.8. The molecule has 1 rings (SSSR count). The topological polar surface area (TPSA) is 142 Å². The molecule has 13 heteroatoms. The smallest absolute Gasteiger partial charge is 0.384 e. The van der Waals surface area contributed by atoms with E-state index in [4.69, 9.17) is 48.7 Å². The summed E-state index contributed by atoms with van der Waals surface area (Å²) < 4.78 is 52.7. The van der Waals surface area contributed by atoms with Crippen molar-refractivity contribution in [1.82, 2.24) is 5.32 Å². The predicted molar refractivity (Wildman–Crippen MR) is 126 cm³/mol. The molecular weight excluding hydrogens is 478 g/mol. The lowest BCUT2D eigenvalue weighted by Gasteiger charge is -2.24. The van der Waals surface area contributed by atoms with Crippen molar-refractivity contribution in [3.05, 3.63) is 0 Å². The number of terminal acetylenes is 1. The van der Waals surface area contributed by atoms with Crippen molar-refractivity contribution < 1.29 is 43.3 Å². The van der Waals surface area contributed by atoms with Crippen LogP contribution in [0.4, 0.5) is 0 Å². The number of nitrogens with one attached hydrogen (secondary N) is 1. The fraction of sp³-hybridized carbons (Fsp3) is 0.773. The lowest BCUT2D eigenvalue weighted by molar-refractivity contribution is -0.122. The van der Waals surface area contributed by atoms with Crippen LogP contribution in [0.3, 0.4) is 0 Å². The second-order valence-electron chi connectivity index (χ2n) is 7.75. The maximum Gasteiger partial charge on any atom is 0.475 e. The van der Waals surface area contributed by atoms with Crippen molar-refractivity contribution in [3.63, 3.8) is 0 Å². The van der Waals surface area contributed by atoms with Crippen molar-refractivity contribution in [2.24, 2.45) is 5.92 Å². The summed E-state index contributed by atoms with van der Waals surface area (Å²) >= 11 is 0. The highest BCUT2D eigenvalue weighted by molar-refractivity contribution is 7.48. The van der Waals surface area contributed by atoms with Gasteiger partial charge in [-0.25, -0.2) is 4.57 Å². The van der Waals surface area contributed by atoms with Crippen LogP contribution in [0.15, 0.2) is 0 Å². The third kappa shape index (κ3) is 13.8. The number of carbonyl (C=O) groups is 2. The average Bonchev–Trinajstić information content (AvgIpc) is 3.19. The van der Waals surface area contributed by atoms with E-state index >= 15 is 0 Å². The van der Waals surface area contributed by atoms with Crippen molar-refractivity contribution in [3.8, 4) is 18.4 Å². The lowest BCUT2D eigenvalue weighted by Crippen LogP contribution is -2.28. The number of hydrogen-bond acceptors (Lipinski definition) is 10. The Kier molecular flexibility index (Phi) is 14.9. The minimum Gasteiger partial charge on any atom is -0.384 e. The third-order valence-electron chi connectivity index (χ3n) is 4.73. The van der Waals surface area contributed by atoms with Crippen LogP contribution in [-0.4, -0.2) is 84.4 Å². The molecule has 0 aliphatic carbocycles. The number of ether oxygens (including phenoxy) is 3. The Labute approximate surface area is 209 Å². The molecule has 1 amide bonds. The van der Waals surface area contributed by atoms with Gasteiger partial charge in [-0.15, -0.1) is 6.42 Å². The van der Waals surface area contributed by atoms with Crippen molar-refractivity contribution in [2.75, 3.05) is 46.7 Å². The molecule has 0 aromatic carbocycles. The van der Waals surface area contributed by atoms with E-state index in [1.54, 1.807) is 0 Å². The predicted octanol–water partition coefficient (Wildman–Crippen LogP) is 1.50. The monoisotopic (exact) mass is 513 g/mol. The molecule has 0 aromatic rings. The summed E-state index contributed by atoms with van der Waals surface area (Å²) in [6, 6.07) is 1.20. The van der Waals surface area contributed by atoms with E-state index in [2.05, 4.69) is 11.2 Å². The number of nitriles is 1. The molecule has 1 N–H and O–H groups in total. The van der Waals surface area contributed by atoms with Gasteiger partial charge in [0.05, 0.1) is 57.5 Å². The number of phosphoric ester groups is 1. The molecule has 2 radical (unpaired) electrons. The first-order valence-corrected chi connectivity index (χ1v) is 12.7. The quantitative estimate of drug-likeness (QED) is 0.117. The molecule has 1 aliphatic heterocycles. The fourth-order valence-electron chi connectivity index (χ4n) is 3.07. The Morgan fingerprint density at radius 3 is 2.83 bits per heavy atom. The van der Waals surface area contributed by atoms with Crippen LogP contribution >= 0.6 is 7.82 Å².